The molecule has 2 aromatic rings. The third kappa shape index (κ3) is 2.09. The van der Waals surface area contributed by atoms with Gasteiger partial charge in [0.1, 0.15) is 0 Å². The van der Waals surface area contributed by atoms with Crippen LogP contribution in [0.2, 0.25) is 0 Å². The van der Waals surface area contributed by atoms with E-state index < -0.39 is 0 Å². The van der Waals surface area contributed by atoms with Gasteiger partial charge < -0.3 is 4.98 Å². The molecule has 16 heavy (non-hydrogen) atoms. The highest BCUT2D eigenvalue weighted by atomic mass is 15.3. The van der Waals surface area contributed by atoms with Gasteiger partial charge in [-0.1, -0.05) is 18.2 Å². The summed E-state index contributed by atoms with van der Waals surface area (Å²) in [4.78, 5) is 5.54. The third-order valence-corrected chi connectivity index (χ3v) is 2.82. The highest BCUT2D eigenvalue weighted by Crippen LogP contribution is 2.22. The Hall–Kier alpha value is -1.36. The average molecular weight is 218 g/mol. The van der Waals surface area contributed by atoms with Gasteiger partial charge >= 0.3 is 0 Å². The molecule has 0 bridgehead atoms. The van der Waals surface area contributed by atoms with E-state index >= 15 is 0 Å². The van der Waals surface area contributed by atoms with Gasteiger partial charge in [-0.3, -0.25) is 10.7 Å². The van der Waals surface area contributed by atoms with Crippen LogP contribution in [0.5, 0.6) is 0 Å². The minimum Gasteiger partial charge on any atom is -0.358 e. The van der Waals surface area contributed by atoms with E-state index in [2.05, 4.69) is 40.4 Å². The van der Waals surface area contributed by atoms with Crippen LogP contribution in [0.25, 0.3) is 10.9 Å². The van der Waals surface area contributed by atoms with E-state index in [0.29, 0.717) is 6.67 Å². The first kappa shape index (κ1) is 11.1. The molecule has 0 aliphatic rings. The number of hydrazine groups is 1. The Kier molecular flexibility index (Phi) is 3.24. The lowest BCUT2D eigenvalue weighted by Crippen LogP contribution is -2.35. The summed E-state index contributed by atoms with van der Waals surface area (Å²) in [5.74, 6) is 5.31. The molecule has 0 amide bonds. The third-order valence-electron chi connectivity index (χ3n) is 2.82. The smallest absolute Gasteiger partial charge is 0.0612 e. The van der Waals surface area contributed by atoms with Crippen molar-refractivity contribution in [2.45, 2.75) is 13.5 Å². The number of aryl methyl sites for hydroxylation is 1. The number of aromatic amines is 1. The lowest BCUT2D eigenvalue weighted by atomic mass is 10.1. The Morgan fingerprint density at radius 3 is 2.88 bits per heavy atom. The second-order valence-corrected chi connectivity index (χ2v) is 4.15. The lowest BCUT2D eigenvalue weighted by molar-refractivity contribution is 0.302. The van der Waals surface area contributed by atoms with E-state index in [1.54, 1.807) is 0 Å². The summed E-state index contributed by atoms with van der Waals surface area (Å²) in [7, 11) is 2.04. The summed E-state index contributed by atoms with van der Waals surface area (Å²) in [5.41, 5.74) is 6.43. The normalized spacial score (nSPS) is 11.5. The molecule has 0 fully saturated rings. The summed E-state index contributed by atoms with van der Waals surface area (Å²) < 4.78 is 0. The van der Waals surface area contributed by atoms with Crippen molar-refractivity contribution in [3.8, 4) is 0 Å². The maximum atomic E-state index is 5.31. The monoisotopic (exact) mass is 218 g/mol. The first-order valence-electron chi connectivity index (χ1n) is 5.40. The van der Waals surface area contributed by atoms with Gasteiger partial charge in [-0.2, -0.15) is 0 Å². The van der Waals surface area contributed by atoms with Crippen molar-refractivity contribution in [2.24, 2.45) is 5.84 Å². The quantitative estimate of drug-likeness (QED) is 0.412. The molecule has 0 aliphatic carbocycles. The summed E-state index contributed by atoms with van der Waals surface area (Å²) in [5, 5.41) is 1.30. The van der Waals surface area contributed by atoms with Crippen LogP contribution in [0.3, 0.4) is 0 Å². The fourth-order valence-electron chi connectivity index (χ4n) is 2.02. The van der Waals surface area contributed by atoms with Gasteiger partial charge in [0.2, 0.25) is 0 Å². The van der Waals surface area contributed by atoms with Crippen LogP contribution in [0.4, 0.5) is 0 Å². The van der Waals surface area contributed by atoms with Gasteiger partial charge in [-0.25, -0.2) is 5.43 Å². The molecule has 4 heteroatoms. The first-order valence-corrected chi connectivity index (χ1v) is 5.40. The Morgan fingerprint density at radius 2 is 2.12 bits per heavy atom. The molecule has 1 heterocycles. The minimum absolute atomic E-state index is 0.680. The molecule has 0 spiro atoms. The van der Waals surface area contributed by atoms with Gasteiger partial charge in [-0.05, 0) is 25.6 Å². The largest absolute Gasteiger partial charge is 0.358 e. The van der Waals surface area contributed by atoms with Crippen molar-refractivity contribution in [1.29, 1.82) is 0 Å². The number of benzene rings is 1. The molecule has 4 nitrogen and oxygen atoms in total. The van der Waals surface area contributed by atoms with Crippen molar-refractivity contribution in [1.82, 2.24) is 15.3 Å². The van der Waals surface area contributed by atoms with Crippen molar-refractivity contribution in [3.05, 3.63) is 35.5 Å². The number of nitrogens with one attached hydrogen (secondary N) is 2. The van der Waals surface area contributed by atoms with Crippen LogP contribution < -0.4 is 11.3 Å². The summed E-state index contributed by atoms with van der Waals surface area (Å²) >= 11 is 0. The molecule has 0 aliphatic heterocycles. The van der Waals surface area contributed by atoms with Gasteiger partial charge in [0, 0.05) is 23.1 Å². The maximum absolute atomic E-state index is 5.31. The fraction of sp³-hybridized carbons (Fsp3) is 0.333. The molecule has 0 atom stereocenters. The molecule has 86 valence electrons. The summed E-state index contributed by atoms with van der Waals surface area (Å²) in [6.45, 7) is 3.68. The minimum atomic E-state index is 0.680. The van der Waals surface area contributed by atoms with Crippen molar-refractivity contribution in [3.63, 3.8) is 0 Å². The van der Waals surface area contributed by atoms with Crippen LogP contribution in [0.1, 0.15) is 11.3 Å². The molecule has 1 aromatic heterocycles. The van der Waals surface area contributed by atoms with Crippen LogP contribution >= 0.6 is 0 Å². The molecule has 0 saturated heterocycles. The molecule has 4 N–H and O–H groups in total. The number of nitrogens with two attached hydrogens (primary N) is 1. The molecular formula is C12H18N4. The zero-order valence-corrected chi connectivity index (χ0v) is 9.75. The van der Waals surface area contributed by atoms with Crippen LogP contribution in [0.15, 0.2) is 24.3 Å². The molecule has 0 radical (unpaired) electrons. The Morgan fingerprint density at radius 1 is 1.38 bits per heavy atom. The highest BCUT2D eigenvalue weighted by Gasteiger charge is 2.09. The first-order chi connectivity index (χ1) is 7.72. The molecule has 0 unspecified atom stereocenters. The summed E-state index contributed by atoms with van der Waals surface area (Å²) in [6.07, 6.45) is 0. The van der Waals surface area contributed by atoms with Crippen molar-refractivity contribution in [2.75, 3.05) is 13.7 Å². The fourth-order valence-corrected chi connectivity index (χ4v) is 2.02. The van der Waals surface area contributed by atoms with Crippen molar-refractivity contribution >= 4 is 10.9 Å². The highest BCUT2D eigenvalue weighted by molar-refractivity contribution is 5.84. The van der Waals surface area contributed by atoms with Gasteiger partial charge in [-0.15, -0.1) is 0 Å². The van der Waals surface area contributed by atoms with Gasteiger partial charge in [0.05, 0.1) is 6.67 Å². The average Bonchev–Trinajstić information content (AvgIpc) is 2.56. The Labute approximate surface area is 95.4 Å². The van der Waals surface area contributed by atoms with E-state index in [-0.39, 0.29) is 0 Å². The van der Waals surface area contributed by atoms with Crippen LogP contribution in [-0.4, -0.2) is 23.6 Å². The number of para-hydroxylation sites is 1. The summed E-state index contributed by atoms with van der Waals surface area (Å²) in [6, 6.07) is 8.37. The van der Waals surface area contributed by atoms with E-state index in [9.17, 15) is 0 Å². The van der Waals surface area contributed by atoms with E-state index in [1.165, 1.54) is 22.2 Å². The SMILES string of the molecule is Cc1[nH]c2ccccc2c1CN(C)CNN. The van der Waals surface area contributed by atoms with Gasteiger partial charge in [0.25, 0.3) is 0 Å². The second kappa shape index (κ2) is 4.65. The number of aromatic nitrogens is 1. The number of rotatable bonds is 4. The van der Waals surface area contributed by atoms with E-state index in [1.807, 2.05) is 13.1 Å². The molecule has 1 aromatic carbocycles. The zero-order valence-electron chi connectivity index (χ0n) is 9.75. The van der Waals surface area contributed by atoms with Crippen molar-refractivity contribution < 1.29 is 0 Å². The topological polar surface area (TPSA) is 57.1 Å². The number of fused-ring (bicyclic) bond motifs is 1. The number of hydrogen-bond acceptors (Lipinski definition) is 3. The standard InChI is InChI=1S/C12H18N4/c1-9-11(7-16(2)8-14-13)10-5-3-4-6-12(10)15-9/h3-6,14-15H,7-8,13H2,1-2H3. The number of hydrogen-bond donors (Lipinski definition) is 3. The number of H-pyrrole nitrogens is 1. The van der Waals surface area contributed by atoms with Crippen LogP contribution in [0, 0.1) is 6.92 Å². The predicted molar refractivity (Wildman–Crippen MR) is 66.7 cm³/mol. The van der Waals surface area contributed by atoms with E-state index in [4.69, 9.17) is 5.84 Å². The number of nitrogens with zero attached hydrogens (tertiary/aromatic N) is 1. The molecule has 2 rings (SSSR count). The maximum Gasteiger partial charge on any atom is 0.0612 e. The zero-order chi connectivity index (χ0) is 11.5. The lowest BCUT2D eigenvalue weighted by Gasteiger charge is -2.15. The van der Waals surface area contributed by atoms with E-state index in [0.717, 1.165) is 6.54 Å². The molecule has 0 saturated carbocycles. The van der Waals surface area contributed by atoms with Gasteiger partial charge in [0.15, 0.2) is 0 Å². The Balaban J connectivity index is 2.32. The molecular weight excluding hydrogens is 200 g/mol. The second-order valence-electron chi connectivity index (χ2n) is 4.15. The Bertz CT molecular complexity index is 475. The predicted octanol–water partition coefficient (Wildman–Crippen LogP) is 1.33. The van der Waals surface area contributed by atoms with Crippen LogP contribution in [-0.2, 0) is 6.54 Å².